The highest BCUT2D eigenvalue weighted by molar-refractivity contribution is 8.00. The fourth-order valence-corrected chi connectivity index (χ4v) is 2.58. The molecule has 0 radical (unpaired) electrons. The molecule has 0 bridgehead atoms. The van der Waals surface area contributed by atoms with Gasteiger partial charge in [-0.3, -0.25) is 4.79 Å². The lowest BCUT2D eigenvalue weighted by molar-refractivity contribution is -0.126. The average molecular weight is 284 g/mol. The highest BCUT2D eigenvalue weighted by Crippen LogP contribution is 2.30. The van der Waals surface area contributed by atoms with Gasteiger partial charge < -0.3 is 11.1 Å². The highest BCUT2D eigenvalue weighted by atomic mass is 32.2. The van der Waals surface area contributed by atoms with Crippen LogP contribution in [0.4, 0.5) is 13.2 Å². The Kier molecular flexibility index (Phi) is 6.28. The lowest BCUT2D eigenvalue weighted by atomic mass is 9.81. The molecular formula is C11H19F3N2OS. The summed E-state index contributed by atoms with van der Waals surface area (Å²) in [5.74, 6) is 0.194. The predicted octanol–water partition coefficient (Wildman–Crippen LogP) is 2.12. The summed E-state index contributed by atoms with van der Waals surface area (Å²) in [6, 6.07) is 0. The van der Waals surface area contributed by atoms with E-state index in [0.717, 1.165) is 25.7 Å². The van der Waals surface area contributed by atoms with Crippen molar-refractivity contribution >= 4 is 17.7 Å². The molecule has 7 heteroatoms. The number of halogens is 3. The minimum absolute atomic E-state index is 0.0521. The molecule has 18 heavy (non-hydrogen) atoms. The Bertz CT molecular complexity index is 266. The van der Waals surface area contributed by atoms with Gasteiger partial charge in [-0.2, -0.15) is 13.2 Å². The molecule has 3 N–H and O–H groups in total. The van der Waals surface area contributed by atoms with Crippen LogP contribution < -0.4 is 11.1 Å². The molecule has 1 saturated carbocycles. The summed E-state index contributed by atoms with van der Waals surface area (Å²) in [4.78, 5) is 11.7. The van der Waals surface area contributed by atoms with Crippen molar-refractivity contribution in [3.05, 3.63) is 0 Å². The molecule has 1 aliphatic carbocycles. The minimum Gasteiger partial charge on any atom is -0.355 e. The van der Waals surface area contributed by atoms with Gasteiger partial charge in [0.15, 0.2) is 0 Å². The summed E-state index contributed by atoms with van der Waals surface area (Å²) in [7, 11) is 0. The fraction of sp³-hybridized carbons (Fsp3) is 0.909. The Morgan fingerprint density at radius 1 is 1.28 bits per heavy atom. The van der Waals surface area contributed by atoms with Gasteiger partial charge in [0.1, 0.15) is 0 Å². The summed E-state index contributed by atoms with van der Waals surface area (Å²) in [6.45, 7) is 0.719. The standard InChI is InChI=1S/C11H19F3N2OS/c12-11(13,14)18-6-5-16-10(17)9-3-1-8(7-15)2-4-9/h8-9H,1-7,15H2,(H,16,17). The van der Waals surface area contributed by atoms with E-state index < -0.39 is 5.51 Å². The Morgan fingerprint density at radius 2 is 1.89 bits per heavy atom. The second-order valence-electron chi connectivity index (χ2n) is 4.54. The van der Waals surface area contributed by atoms with Crippen molar-refractivity contribution < 1.29 is 18.0 Å². The van der Waals surface area contributed by atoms with Crippen molar-refractivity contribution in [2.75, 3.05) is 18.8 Å². The van der Waals surface area contributed by atoms with Gasteiger partial charge >= 0.3 is 5.51 Å². The van der Waals surface area contributed by atoms with Crippen LogP contribution in [0.5, 0.6) is 0 Å². The van der Waals surface area contributed by atoms with E-state index >= 15 is 0 Å². The zero-order valence-electron chi connectivity index (χ0n) is 10.1. The molecule has 0 saturated heterocycles. The smallest absolute Gasteiger partial charge is 0.355 e. The Morgan fingerprint density at radius 3 is 2.39 bits per heavy atom. The molecule has 1 fully saturated rings. The van der Waals surface area contributed by atoms with Gasteiger partial charge in [0.2, 0.25) is 5.91 Å². The molecule has 0 heterocycles. The lowest BCUT2D eigenvalue weighted by Gasteiger charge is -2.26. The largest absolute Gasteiger partial charge is 0.441 e. The van der Waals surface area contributed by atoms with Crippen LogP contribution in [0, 0.1) is 11.8 Å². The zero-order valence-corrected chi connectivity index (χ0v) is 10.9. The fourth-order valence-electron chi connectivity index (χ4n) is 2.15. The number of carbonyl (C=O) groups is 1. The van der Waals surface area contributed by atoms with Gasteiger partial charge in [0.25, 0.3) is 0 Å². The molecule has 0 aromatic carbocycles. The van der Waals surface area contributed by atoms with Crippen molar-refractivity contribution in [1.29, 1.82) is 0 Å². The van der Waals surface area contributed by atoms with Crippen LogP contribution in [-0.2, 0) is 4.79 Å². The number of hydrogen-bond donors (Lipinski definition) is 2. The molecule has 1 aliphatic rings. The van der Waals surface area contributed by atoms with Crippen molar-refractivity contribution in [3.8, 4) is 0 Å². The van der Waals surface area contributed by atoms with Crippen LogP contribution in [0.3, 0.4) is 0 Å². The summed E-state index contributed by atoms with van der Waals surface area (Å²) in [5, 5.41) is 2.57. The van der Waals surface area contributed by atoms with Crippen molar-refractivity contribution in [1.82, 2.24) is 5.32 Å². The maximum atomic E-state index is 11.9. The lowest BCUT2D eigenvalue weighted by Crippen LogP contribution is -2.35. The first kappa shape index (κ1) is 15.6. The number of nitrogens with one attached hydrogen (secondary N) is 1. The first-order valence-electron chi connectivity index (χ1n) is 6.11. The number of amides is 1. The Balaban J connectivity index is 2.14. The van der Waals surface area contributed by atoms with Crippen LogP contribution in [0.15, 0.2) is 0 Å². The van der Waals surface area contributed by atoms with Gasteiger partial charge in [-0.1, -0.05) is 0 Å². The molecule has 3 nitrogen and oxygen atoms in total. The minimum atomic E-state index is -4.22. The first-order valence-corrected chi connectivity index (χ1v) is 7.09. The molecular weight excluding hydrogens is 265 g/mol. The molecule has 0 atom stereocenters. The highest BCUT2D eigenvalue weighted by Gasteiger charge is 2.28. The molecule has 0 aliphatic heterocycles. The maximum Gasteiger partial charge on any atom is 0.441 e. The monoisotopic (exact) mass is 284 g/mol. The third kappa shape index (κ3) is 5.95. The van der Waals surface area contributed by atoms with Gasteiger partial charge in [-0.25, -0.2) is 0 Å². The number of rotatable bonds is 5. The quantitative estimate of drug-likeness (QED) is 0.760. The number of carbonyl (C=O) groups excluding carboxylic acids is 1. The van der Waals surface area contributed by atoms with Gasteiger partial charge in [-0.15, -0.1) is 0 Å². The van der Waals surface area contributed by atoms with Gasteiger partial charge in [-0.05, 0) is 49.9 Å². The van der Waals surface area contributed by atoms with E-state index in [9.17, 15) is 18.0 Å². The van der Waals surface area contributed by atoms with Crippen LogP contribution in [0.1, 0.15) is 25.7 Å². The SMILES string of the molecule is NCC1CCC(C(=O)NCCSC(F)(F)F)CC1. The average Bonchev–Trinajstić information content (AvgIpc) is 2.33. The van der Waals surface area contributed by atoms with E-state index in [2.05, 4.69) is 5.32 Å². The zero-order chi connectivity index (χ0) is 13.6. The third-order valence-electron chi connectivity index (χ3n) is 3.22. The molecule has 0 unspecified atom stereocenters. The van der Waals surface area contributed by atoms with E-state index in [0.29, 0.717) is 12.5 Å². The third-order valence-corrected chi connectivity index (χ3v) is 3.95. The summed E-state index contributed by atoms with van der Waals surface area (Å²) in [5.41, 5.74) is 1.34. The maximum absolute atomic E-state index is 11.9. The van der Waals surface area contributed by atoms with Crippen LogP contribution in [0.2, 0.25) is 0 Å². The molecule has 1 amide bonds. The number of nitrogens with two attached hydrogens (primary N) is 1. The Labute approximate surface area is 109 Å². The van der Waals surface area contributed by atoms with E-state index in [4.69, 9.17) is 5.73 Å². The first-order chi connectivity index (χ1) is 8.42. The number of alkyl halides is 3. The van der Waals surface area contributed by atoms with Crippen LogP contribution in [-0.4, -0.2) is 30.3 Å². The van der Waals surface area contributed by atoms with E-state index in [1.54, 1.807) is 0 Å². The summed E-state index contributed by atoms with van der Waals surface area (Å²) >= 11 is -0.105. The Hall–Kier alpha value is -0.430. The summed E-state index contributed by atoms with van der Waals surface area (Å²) < 4.78 is 35.6. The molecule has 106 valence electrons. The van der Waals surface area contributed by atoms with Crippen LogP contribution >= 0.6 is 11.8 Å². The molecule has 1 rings (SSSR count). The van der Waals surface area contributed by atoms with E-state index in [-0.39, 0.29) is 35.9 Å². The van der Waals surface area contributed by atoms with Gasteiger partial charge in [0.05, 0.1) is 0 Å². The molecule has 0 aromatic rings. The van der Waals surface area contributed by atoms with Crippen molar-refractivity contribution in [2.45, 2.75) is 31.2 Å². The number of thioether (sulfide) groups is 1. The normalized spacial score (nSPS) is 24.9. The predicted molar refractivity (Wildman–Crippen MR) is 66.0 cm³/mol. The van der Waals surface area contributed by atoms with Gasteiger partial charge in [0, 0.05) is 18.2 Å². The topological polar surface area (TPSA) is 55.1 Å². The number of hydrogen-bond acceptors (Lipinski definition) is 3. The second-order valence-corrected chi connectivity index (χ2v) is 5.70. The van der Waals surface area contributed by atoms with E-state index in [1.165, 1.54) is 0 Å². The van der Waals surface area contributed by atoms with Crippen molar-refractivity contribution in [2.24, 2.45) is 17.6 Å². The van der Waals surface area contributed by atoms with Crippen LogP contribution in [0.25, 0.3) is 0 Å². The van der Waals surface area contributed by atoms with E-state index in [1.807, 2.05) is 0 Å². The second kappa shape index (κ2) is 7.23. The summed E-state index contributed by atoms with van der Waals surface area (Å²) in [6.07, 6.45) is 3.46. The molecule has 0 aromatic heterocycles. The molecule has 0 spiro atoms. The van der Waals surface area contributed by atoms with Crippen molar-refractivity contribution in [3.63, 3.8) is 0 Å².